The third-order valence-corrected chi connectivity index (χ3v) is 3.81. The van der Waals surface area contributed by atoms with Crippen LogP contribution in [0.25, 0.3) is 0 Å². The maximum Gasteiger partial charge on any atom is 0.250 e. The second kappa shape index (κ2) is 2.95. The normalized spacial score (nSPS) is 27.1. The SMILES string of the molecule is Cn1ccc([C@@H]2CNC3(CC3)C2)cc1=O. The van der Waals surface area contributed by atoms with Gasteiger partial charge >= 0.3 is 0 Å². The Kier molecular flexibility index (Phi) is 1.80. The van der Waals surface area contributed by atoms with Crippen LogP contribution < -0.4 is 10.9 Å². The molecule has 15 heavy (non-hydrogen) atoms. The zero-order valence-corrected chi connectivity index (χ0v) is 8.99. The molecular formula is C12H16N2O. The Morgan fingerprint density at radius 3 is 2.93 bits per heavy atom. The zero-order chi connectivity index (χ0) is 10.5. The minimum atomic E-state index is 0.101. The van der Waals surface area contributed by atoms with E-state index in [4.69, 9.17) is 0 Å². The molecule has 0 aromatic carbocycles. The lowest BCUT2D eigenvalue weighted by Gasteiger charge is -2.09. The summed E-state index contributed by atoms with van der Waals surface area (Å²) >= 11 is 0. The number of pyridine rings is 1. The predicted molar refractivity (Wildman–Crippen MR) is 59.0 cm³/mol. The van der Waals surface area contributed by atoms with Crippen LogP contribution in [0.15, 0.2) is 23.1 Å². The minimum absolute atomic E-state index is 0.101. The Bertz CT molecular complexity index is 445. The van der Waals surface area contributed by atoms with Gasteiger partial charge in [-0.1, -0.05) is 0 Å². The number of aryl methyl sites for hydroxylation is 1. The van der Waals surface area contributed by atoms with Gasteiger partial charge < -0.3 is 9.88 Å². The van der Waals surface area contributed by atoms with Crippen molar-refractivity contribution in [1.82, 2.24) is 9.88 Å². The van der Waals surface area contributed by atoms with Crippen LogP contribution in [0.3, 0.4) is 0 Å². The van der Waals surface area contributed by atoms with E-state index < -0.39 is 0 Å². The molecule has 1 spiro atoms. The Hall–Kier alpha value is -1.09. The molecule has 1 aliphatic heterocycles. The molecule has 1 aromatic heterocycles. The lowest BCUT2D eigenvalue weighted by Crippen LogP contribution is -2.22. The van der Waals surface area contributed by atoms with Crippen LogP contribution in [-0.2, 0) is 7.05 Å². The van der Waals surface area contributed by atoms with Crippen LogP contribution in [0.4, 0.5) is 0 Å². The standard InChI is InChI=1S/C12H16N2O/c1-14-5-2-9(6-11(14)15)10-7-12(3-4-12)13-8-10/h2,5-6,10,13H,3-4,7-8H2,1H3/t10-/m0/s1. The summed E-state index contributed by atoms with van der Waals surface area (Å²) in [5.41, 5.74) is 1.75. The van der Waals surface area contributed by atoms with Gasteiger partial charge in [-0.05, 0) is 36.8 Å². The second-order valence-corrected chi connectivity index (χ2v) is 4.97. The van der Waals surface area contributed by atoms with Crippen molar-refractivity contribution in [2.75, 3.05) is 6.54 Å². The fourth-order valence-corrected chi connectivity index (χ4v) is 2.54. The summed E-state index contributed by atoms with van der Waals surface area (Å²) in [7, 11) is 1.79. The molecular weight excluding hydrogens is 188 g/mol. The average Bonchev–Trinajstić information content (AvgIpc) is 2.82. The number of nitrogens with zero attached hydrogens (tertiary/aromatic N) is 1. The monoisotopic (exact) mass is 204 g/mol. The zero-order valence-electron chi connectivity index (χ0n) is 8.99. The van der Waals surface area contributed by atoms with Gasteiger partial charge in [0.25, 0.3) is 5.56 Å². The van der Waals surface area contributed by atoms with Gasteiger partial charge in [-0.15, -0.1) is 0 Å². The number of hydrogen-bond acceptors (Lipinski definition) is 2. The summed E-state index contributed by atoms with van der Waals surface area (Å²) in [6.45, 7) is 1.03. The highest BCUT2D eigenvalue weighted by molar-refractivity contribution is 5.23. The van der Waals surface area contributed by atoms with Gasteiger partial charge in [-0.25, -0.2) is 0 Å². The molecule has 3 heteroatoms. The van der Waals surface area contributed by atoms with Crippen LogP contribution in [0.2, 0.25) is 0 Å². The predicted octanol–water partition coefficient (Wildman–Crippen LogP) is 0.995. The van der Waals surface area contributed by atoms with E-state index in [1.54, 1.807) is 17.7 Å². The van der Waals surface area contributed by atoms with E-state index in [0.717, 1.165) is 6.54 Å². The smallest absolute Gasteiger partial charge is 0.250 e. The van der Waals surface area contributed by atoms with Crippen molar-refractivity contribution in [2.45, 2.75) is 30.7 Å². The summed E-state index contributed by atoms with van der Waals surface area (Å²) < 4.78 is 1.62. The molecule has 1 N–H and O–H groups in total. The first-order valence-corrected chi connectivity index (χ1v) is 5.60. The summed E-state index contributed by atoms with van der Waals surface area (Å²) in [5.74, 6) is 0.543. The summed E-state index contributed by atoms with van der Waals surface area (Å²) in [5, 5.41) is 3.58. The van der Waals surface area contributed by atoms with Crippen LogP contribution >= 0.6 is 0 Å². The van der Waals surface area contributed by atoms with Crippen molar-refractivity contribution in [2.24, 2.45) is 7.05 Å². The largest absolute Gasteiger partial charge is 0.319 e. The van der Waals surface area contributed by atoms with Crippen LogP contribution in [0.5, 0.6) is 0 Å². The maximum absolute atomic E-state index is 11.5. The fourth-order valence-electron chi connectivity index (χ4n) is 2.54. The molecule has 3 nitrogen and oxygen atoms in total. The highest BCUT2D eigenvalue weighted by Gasteiger charge is 2.48. The molecule has 80 valence electrons. The summed E-state index contributed by atoms with van der Waals surface area (Å²) in [4.78, 5) is 11.5. The van der Waals surface area contributed by atoms with E-state index in [-0.39, 0.29) is 5.56 Å². The molecule has 1 saturated carbocycles. The molecule has 0 radical (unpaired) electrons. The topological polar surface area (TPSA) is 34.0 Å². The van der Waals surface area contributed by atoms with Crippen molar-refractivity contribution < 1.29 is 0 Å². The lowest BCUT2D eigenvalue weighted by atomic mass is 9.96. The first-order valence-electron chi connectivity index (χ1n) is 5.60. The van der Waals surface area contributed by atoms with Gasteiger partial charge in [0.15, 0.2) is 0 Å². The average molecular weight is 204 g/mol. The molecule has 0 bridgehead atoms. The number of rotatable bonds is 1. The molecule has 3 rings (SSSR count). The van der Waals surface area contributed by atoms with E-state index in [0.29, 0.717) is 11.5 Å². The van der Waals surface area contributed by atoms with Crippen molar-refractivity contribution >= 4 is 0 Å². The quantitative estimate of drug-likeness (QED) is 0.740. The lowest BCUT2D eigenvalue weighted by molar-refractivity contribution is 0.594. The number of aromatic nitrogens is 1. The summed E-state index contributed by atoms with van der Waals surface area (Å²) in [6.07, 6.45) is 5.71. The van der Waals surface area contributed by atoms with Crippen LogP contribution in [0, 0.1) is 0 Å². The van der Waals surface area contributed by atoms with Crippen molar-refractivity contribution in [3.05, 3.63) is 34.2 Å². The molecule has 1 aliphatic carbocycles. The molecule has 0 amide bonds. The first-order chi connectivity index (χ1) is 7.19. The highest BCUT2D eigenvalue weighted by atomic mass is 16.1. The first kappa shape index (κ1) is 9.16. The van der Waals surface area contributed by atoms with E-state index in [1.165, 1.54) is 24.8 Å². The Morgan fingerprint density at radius 2 is 2.33 bits per heavy atom. The molecule has 2 fully saturated rings. The van der Waals surface area contributed by atoms with E-state index in [1.807, 2.05) is 6.20 Å². The van der Waals surface area contributed by atoms with Gasteiger partial charge in [0.2, 0.25) is 0 Å². The fraction of sp³-hybridized carbons (Fsp3) is 0.583. The molecule has 2 aliphatic rings. The minimum Gasteiger partial charge on any atom is -0.319 e. The highest BCUT2D eigenvalue weighted by Crippen LogP contribution is 2.47. The van der Waals surface area contributed by atoms with Crippen LogP contribution in [-0.4, -0.2) is 16.7 Å². The Balaban J connectivity index is 1.87. The van der Waals surface area contributed by atoms with Gasteiger partial charge in [0.05, 0.1) is 0 Å². The third kappa shape index (κ3) is 1.51. The molecule has 2 heterocycles. The molecule has 1 aromatic rings. The molecule has 1 atom stereocenters. The van der Waals surface area contributed by atoms with E-state index in [2.05, 4.69) is 11.4 Å². The Morgan fingerprint density at radius 1 is 1.53 bits per heavy atom. The van der Waals surface area contributed by atoms with Crippen molar-refractivity contribution in [3.63, 3.8) is 0 Å². The molecule has 1 saturated heterocycles. The van der Waals surface area contributed by atoms with Crippen molar-refractivity contribution in [1.29, 1.82) is 0 Å². The second-order valence-electron chi connectivity index (χ2n) is 4.97. The van der Waals surface area contributed by atoms with Gasteiger partial charge in [0, 0.05) is 31.4 Å². The summed E-state index contributed by atoms with van der Waals surface area (Å²) in [6, 6.07) is 3.86. The van der Waals surface area contributed by atoms with Crippen molar-refractivity contribution in [3.8, 4) is 0 Å². The van der Waals surface area contributed by atoms with E-state index >= 15 is 0 Å². The third-order valence-electron chi connectivity index (χ3n) is 3.81. The van der Waals surface area contributed by atoms with E-state index in [9.17, 15) is 4.79 Å². The van der Waals surface area contributed by atoms with Gasteiger partial charge in [-0.2, -0.15) is 0 Å². The van der Waals surface area contributed by atoms with Crippen LogP contribution in [0.1, 0.15) is 30.7 Å². The number of hydrogen-bond donors (Lipinski definition) is 1. The van der Waals surface area contributed by atoms with Gasteiger partial charge in [0.1, 0.15) is 0 Å². The number of nitrogens with one attached hydrogen (secondary N) is 1. The molecule has 0 unspecified atom stereocenters. The maximum atomic E-state index is 11.5. The Labute approximate surface area is 89.1 Å². The van der Waals surface area contributed by atoms with Gasteiger partial charge in [-0.3, -0.25) is 4.79 Å².